The van der Waals surface area contributed by atoms with E-state index in [0.717, 1.165) is 36.5 Å². The second kappa shape index (κ2) is 17.9. The number of benzene rings is 4. The molecule has 4 aromatic rings. The van der Waals surface area contributed by atoms with Crippen LogP contribution < -0.4 is 0 Å². The molecule has 272 valence electrons. The average molecular weight is 705 g/mol. The summed E-state index contributed by atoms with van der Waals surface area (Å²) in [5.74, 6) is 3.21. The quantitative estimate of drug-likeness (QED) is 0.151. The molecule has 0 bridgehead atoms. The lowest BCUT2D eigenvalue weighted by Crippen LogP contribution is -2.29. The van der Waals surface area contributed by atoms with E-state index in [1.54, 1.807) is 22.3 Å². The first kappa shape index (κ1) is 36.1. The molecule has 0 spiro atoms. The second-order valence-corrected chi connectivity index (χ2v) is 16.0. The molecule has 1 fully saturated rings. The van der Waals surface area contributed by atoms with Gasteiger partial charge in [-0.1, -0.05) is 176 Å². The van der Waals surface area contributed by atoms with Gasteiger partial charge in [-0.3, -0.25) is 0 Å². The van der Waals surface area contributed by atoms with Crippen molar-refractivity contribution in [2.75, 3.05) is 0 Å². The molecule has 4 atom stereocenters. The van der Waals surface area contributed by atoms with Crippen LogP contribution in [0, 0.1) is 23.7 Å². The number of rotatable bonds is 0. The van der Waals surface area contributed by atoms with Crippen LogP contribution in [0.4, 0.5) is 0 Å². The van der Waals surface area contributed by atoms with Crippen LogP contribution in [0.1, 0.15) is 84.7 Å². The van der Waals surface area contributed by atoms with Gasteiger partial charge < -0.3 is 0 Å². The van der Waals surface area contributed by atoms with E-state index in [9.17, 15) is 0 Å². The predicted octanol–water partition coefficient (Wildman–Crippen LogP) is 14.0. The molecular weight excluding hydrogens is 649 g/mol. The first-order valence-electron chi connectivity index (χ1n) is 20.8. The molecule has 0 aliphatic heterocycles. The number of fused-ring (bicyclic) bond motifs is 7. The fourth-order valence-corrected chi connectivity index (χ4v) is 9.60. The summed E-state index contributed by atoms with van der Waals surface area (Å²) in [7, 11) is 0. The van der Waals surface area contributed by atoms with E-state index < -0.39 is 0 Å². The summed E-state index contributed by atoms with van der Waals surface area (Å²) in [4.78, 5) is 0. The van der Waals surface area contributed by atoms with Crippen molar-refractivity contribution in [3.05, 3.63) is 208 Å². The van der Waals surface area contributed by atoms with E-state index in [2.05, 4.69) is 170 Å². The van der Waals surface area contributed by atoms with Gasteiger partial charge in [-0.05, 0) is 151 Å². The number of hydrogen-bond donors (Lipinski definition) is 0. The first-order chi connectivity index (χ1) is 26.8. The van der Waals surface area contributed by atoms with Gasteiger partial charge in [0.15, 0.2) is 0 Å². The van der Waals surface area contributed by atoms with Gasteiger partial charge in [0.2, 0.25) is 0 Å². The lowest BCUT2D eigenvalue weighted by atomic mass is 9.66. The van der Waals surface area contributed by atoms with Crippen LogP contribution in [0.5, 0.6) is 0 Å². The monoisotopic (exact) mass is 704 g/mol. The summed E-state index contributed by atoms with van der Waals surface area (Å²) >= 11 is 0. The molecule has 0 aromatic heterocycles. The van der Waals surface area contributed by atoms with Crippen molar-refractivity contribution in [3.63, 3.8) is 0 Å². The van der Waals surface area contributed by atoms with Gasteiger partial charge in [-0.2, -0.15) is 0 Å². The van der Waals surface area contributed by atoms with Crippen molar-refractivity contribution in [2.24, 2.45) is 23.7 Å². The third kappa shape index (κ3) is 8.88. The molecule has 0 radical (unpaired) electrons. The largest absolute Gasteiger partial charge is 0.0808 e. The predicted molar refractivity (Wildman–Crippen MR) is 231 cm³/mol. The fraction of sp³-hybridized carbons (Fsp3) is 0.296. The van der Waals surface area contributed by atoms with E-state index in [1.165, 1.54) is 97.6 Å². The van der Waals surface area contributed by atoms with Crippen molar-refractivity contribution in [2.45, 2.75) is 77.0 Å². The highest BCUT2D eigenvalue weighted by Gasteiger charge is 2.33. The van der Waals surface area contributed by atoms with Crippen LogP contribution in [0.25, 0.3) is 17.2 Å². The number of hydrogen-bond acceptors (Lipinski definition) is 0. The minimum atomic E-state index is 0.803. The zero-order chi connectivity index (χ0) is 36.4. The molecule has 12 rings (SSSR count). The molecule has 0 N–H and O–H groups in total. The summed E-state index contributed by atoms with van der Waals surface area (Å²) in [6.07, 6.45) is 43.1. The molecule has 4 unspecified atom stereocenters. The Morgan fingerprint density at radius 1 is 0.389 bits per heavy atom. The summed E-state index contributed by atoms with van der Waals surface area (Å²) < 4.78 is 0. The summed E-state index contributed by atoms with van der Waals surface area (Å²) in [6, 6.07) is 34.5. The topological polar surface area (TPSA) is 0 Å². The molecule has 1 saturated carbocycles. The van der Waals surface area contributed by atoms with Crippen LogP contribution in [-0.4, -0.2) is 0 Å². The summed E-state index contributed by atoms with van der Waals surface area (Å²) in [6.45, 7) is 0. The Morgan fingerprint density at radius 2 is 0.870 bits per heavy atom. The van der Waals surface area contributed by atoms with Crippen molar-refractivity contribution in [1.29, 1.82) is 0 Å². The molecule has 0 nitrogen and oxygen atoms in total. The van der Waals surface area contributed by atoms with Crippen molar-refractivity contribution in [3.8, 4) is 11.1 Å². The normalized spacial score (nSPS) is 23.3. The minimum absolute atomic E-state index is 0.803. The SMILES string of the molecule is C1=CC2=C(C1)CCCC2.C1=CC2CC3C=CC=CC3CC2C=C1.C1=Cc2ccccc2C1.c1ccc2c(c1)CCC2.c1ccc2c(c1)Cc1ccccc1-2. The van der Waals surface area contributed by atoms with Crippen LogP contribution in [0.3, 0.4) is 0 Å². The molecule has 0 heterocycles. The Kier molecular flexibility index (Phi) is 12.0. The highest BCUT2D eigenvalue weighted by atomic mass is 14.4. The zero-order valence-electron chi connectivity index (χ0n) is 32.0. The maximum atomic E-state index is 2.40. The van der Waals surface area contributed by atoms with Crippen LogP contribution in [0.2, 0.25) is 0 Å². The summed E-state index contributed by atoms with van der Waals surface area (Å²) in [5.41, 5.74) is 15.1. The molecule has 8 aliphatic rings. The first-order valence-corrected chi connectivity index (χ1v) is 20.8. The van der Waals surface area contributed by atoms with Crippen molar-refractivity contribution >= 4 is 6.08 Å². The van der Waals surface area contributed by atoms with E-state index in [1.807, 2.05) is 0 Å². The van der Waals surface area contributed by atoms with E-state index in [0.29, 0.717) is 0 Å². The molecular formula is C54H56. The number of aryl methyl sites for hydroxylation is 2. The van der Waals surface area contributed by atoms with Gasteiger partial charge in [-0.15, -0.1) is 0 Å². The second-order valence-electron chi connectivity index (χ2n) is 16.0. The molecule has 0 heteroatoms. The van der Waals surface area contributed by atoms with Crippen molar-refractivity contribution in [1.82, 2.24) is 0 Å². The van der Waals surface area contributed by atoms with Gasteiger partial charge >= 0.3 is 0 Å². The number of allylic oxidation sites excluding steroid dienone is 13. The van der Waals surface area contributed by atoms with Gasteiger partial charge in [0.05, 0.1) is 0 Å². The van der Waals surface area contributed by atoms with Gasteiger partial charge in [0.25, 0.3) is 0 Å². The Hall–Kier alpha value is -4.94. The molecule has 4 aromatic carbocycles. The molecule has 54 heavy (non-hydrogen) atoms. The van der Waals surface area contributed by atoms with Gasteiger partial charge in [-0.25, -0.2) is 0 Å². The molecule has 0 saturated heterocycles. The van der Waals surface area contributed by atoms with E-state index in [4.69, 9.17) is 0 Å². The standard InChI is InChI=1S/C14H16.C13H10.C9H12.C9H10.C9H8/c1-2-6-12-10-14-8-4-3-7-13(14)9-11(12)5-1;1-3-7-12-10(5-1)9-11-6-2-4-8-13(11)12;3*1-2-5-9-7-3-6-8(9)4-1/h1-8,11-14H,9-10H2;1-8H,9H2;3,6H,1-2,4-5,7H2;1-2,4-5H,3,6-7H2;1-6H,7H2. The lowest BCUT2D eigenvalue weighted by molar-refractivity contribution is 0.229. The van der Waals surface area contributed by atoms with Crippen LogP contribution in [-0.2, 0) is 25.7 Å². The lowest BCUT2D eigenvalue weighted by Gasteiger charge is -2.39. The maximum Gasteiger partial charge on any atom is -0.00135 e. The third-order valence-corrected chi connectivity index (χ3v) is 12.6. The van der Waals surface area contributed by atoms with E-state index >= 15 is 0 Å². The van der Waals surface area contributed by atoms with E-state index in [-0.39, 0.29) is 0 Å². The Bertz CT molecular complexity index is 1970. The molecule has 8 aliphatic carbocycles. The van der Waals surface area contributed by atoms with Crippen LogP contribution >= 0.6 is 0 Å². The highest BCUT2D eigenvalue weighted by Crippen LogP contribution is 2.43. The average Bonchev–Trinajstić information content (AvgIpc) is 4.07. The summed E-state index contributed by atoms with van der Waals surface area (Å²) in [5, 5.41) is 0. The van der Waals surface area contributed by atoms with Gasteiger partial charge in [0.1, 0.15) is 0 Å². The molecule has 0 amide bonds. The Labute approximate surface area is 325 Å². The highest BCUT2D eigenvalue weighted by molar-refractivity contribution is 5.76. The third-order valence-electron chi connectivity index (χ3n) is 12.6. The fourth-order valence-electron chi connectivity index (χ4n) is 9.60. The smallest absolute Gasteiger partial charge is 0.00135 e. The Balaban J connectivity index is 0.0000000971. The minimum Gasteiger partial charge on any atom is -0.0808 e. The zero-order valence-corrected chi connectivity index (χ0v) is 32.0. The van der Waals surface area contributed by atoms with Gasteiger partial charge in [0, 0.05) is 0 Å². The van der Waals surface area contributed by atoms with Crippen LogP contribution in [0.15, 0.2) is 175 Å². The maximum absolute atomic E-state index is 2.40. The Morgan fingerprint density at radius 3 is 1.43 bits per heavy atom. The van der Waals surface area contributed by atoms with Crippen molar-refractivity contribution < 1.29 is 0 Å².